The van der Waals surface area contributed by atoms with Crippen LogP contribution in [0.25, 0.3) is 0 Å². The second-order valence-corrected chi connectivity index (χ2v) is 2.28. The number of hydrogen-bond donors (Lipinski definition) is 2. The molecule has 0 spiro atoms. The summed E-state index contributed by atoms with van der Waals surface area (Å²) in [6.07, 6.45) is -5.05. The van der Waals surface area contributed by atoms with Crippen molar-refractivity contribution in [3.8, 4) is 0 Å². The molecule has 0 aliphatic carbocycles. The van der Waals surface area contributed by atoms with Gasteiger partial charge in [-0.05, 0) is 0 Å². The Kier molecular flexibility index (Phi) is 10.6. The normalized spacial score (nSPS) is 10.9. The minimum Gasteiger partial charge on any atom is -0.335 e. The predicted octanol–water partition coefficient (Wildman–Crippen LogP) is -1.17. The van der Waals surface area contributed by atoms with Gasteiger partial charge in [0.1, 0.15) is 0 Å². The first-order valence-electron chi connectivity index (χ1n) is 2.17. The van der Waals surface area contributed by atoms with Crippen LogP contribution in [0, 0.1) is 6.92 Å². The zero-order valence-electron chi connectivity index (χ0n) is 6.18. The van der Waals surface area contributed by atoms with Gasteiger partial charge in [0.05, 0.1) is 0 Å². The minimum absolute atomic E-state index is 0. The van der Waals surface area contributed by atoms with Crippen LogP contribution in [-0.2, 0) is 4.57 Å². The largest absolute Gasteiger partial charge is 1.00 e. The van der Waals surface area contributed by atoms with Gasteiger partial charge in [-0.25, -0.2) is 4.57 Å². The van der Waals surface area contributed by atoms with Gasteiger partial charge in [0, 0.05) is 0 Å². The third-order valence-corrected chi connectivity index (χ3v) is 0.283. The fraction of sp³-hybridized carbons (Fsp3) is 0.667. The minimum atomic E-state index is -5.14. The monoisotopic (exact) mass is 204 g/mol. The first-order chi connectivity index (χ1) is 4.56. The first kappa shape index (κ1) is 18.3. The van der Waals surface area contributed by atoms with Gasteiger partial charge < -0.3 is 6.92 Å². The van der Waals surface area contributed by atoms with Crippen molar-refractivity contribution in [2.45, 2.75) is 12.6 Å². The molecule has 0 fully saturated rings. The van der Waals surface area contributed by atoms with Crippen LogP contribution in [0.2, 0.25) is 0 Å². The van der Waals surface area contributed by atoms with Gasteiger partial charge in [0.25, 0.3) is 0 Å². The van der Waals surface area contributed by atoms with Crippen LogP contribution >= 0.6 is 7.91 Å². The van der Waals surface area contributed by atoms with Crippen molar-refractivity contribution in [1.82, 2.24) is 0 Å². The first-order valence-corrected chi connectivity index (χ1v) is 3.68. The van der Waals surface area contributed by atoms with Gasteiger partial charge in [-0.3, -0.25) is 9.79 Å². The fourth-order valence-corrected chi connectivity index (χ4v) is 0. The molecule has 0 atom stereocenters. The number of rotatable bonds is 0. The molecule has 0 saturated heterocycles. The van der Waals surface area contributed by atoms with E-state index >= 15 is 0 Å². The Morgan fingerprint density at radius 1 is 1.33 bits per heavy atom. The molecule has 0 aromatic rings. The van der Waals surface area contributed by atoms with E-state index in [1.165, 1.54) is 0 Å². The molecule has 0 aliphatic heterocycles. The average Bonchev–Trinajstić information content (AvgIpc) is 1.59. The standard InChI is InChI=1S/C3H4F3.FH2O3P.Li/c1-2-3(4,5)6;1-5(2,3)4;/h1-2H2;(H2,2,3,4);/q-1;;+1. The average molecular weight is 204 g/mol. The van der Waals surface area contributed by atoms with E-state index in [1.807, 2.05) is 0 Å². The molecule has 0 aliphatic rings. The molecule has 0 aromatic carbocycles. The molecular formula is C3H6F4LiO3P. The van der Waals surface area contributed by atoms with Crippen molar-refractivity contribution in [3.63, 3.8) is 0 Å². The van der Waals surface area contributed by atoms with Gasteiger partial charge in [0.2, 0.25) is 0 Å². The van der Waals surface area contributed by atoms with E-state index in [1.54, 1.807) is 0 Å². The SMILES string of the molecule is O=P(O)(O)F.[CH2-]CC(F)(F)F.[Li+]. The van der Waals surface area contributed by atoms with Gasteiger partial charge in [0.15, 0.2) is 0 Å². The Labute approximate surface area is 78.6 Å². The summed E-state index contributed by atoms with van der Waals surface area (Å²) >= 11 is 0. The molecule has 70 valence electrons. The Balaban J connectivity index is -0.000000126. The molecule has 0 aromatic heterocycles. The summed E-state index contributed by atoms with van der Waals surface area (Å²) in [5.74, 6) is 0. The van der Waals surface area contributed by atoms with E-state index in [4.69, 9.17) is 14.4 Å². The van der Waals surface area contributed by atoms with Crippen LogP contribution < -0.4 is 18.9 Å². The Bertz CT molecular complexity index is 135. The molecule has 0 unspecified atom stereocenters. The summed E-state index contributed by atoms with van der Waals surface area (Å²) in [6.45, 7) is 2.63. The zero-order chi connectivity index (χ0) is 9.71. The molecule has 0 bridgehead atoms. The number of alkyl halides is 3. The molecule has 9 heteroatoms. The molecule has 0 rings (SSSR count). The molecule has 0 heterocycles. The Hall–Kier alpha value is 0.467. The molecule has 12 heavy (non-hydrogen) atoms. The molecule has 0 saturated carbocycles. The quantitative estimate of drug-likeness (QED) is 0.226. The maximum absolute atomic E-state index is 10.7. The van der Waals surface area contributed by atoms with E-state index in [0.29, 0.717) is 0 Å². The van der Waals surface area contributed by atoms with Crippen LogP contribution in [0.15, 0.2) is 0 Å². The van der Waals surface area contributed by atoms with Crippen molar-refractivity contribution in [1.29, 1.82) is 0 Å². The van der Waals surface area contributed by atoms with Crippen LogP contribution in [0.5, 0.6) is 0 Å². The van der Waals surface area contributed by atoms with Crippen molar-refractivity contribution >= 4 is 7.91 Å². The summed E-state index contributed by atoms with van der Waals surface area (Å²) in [6, 6.07) is 0. The maximum atomic E-state index is 10.7. The Morgan fingerprint density at radius 2 is 1.42 bits per heavy atom. The topological polar surface area (TPSA) is 57.5 Å². The van der Waals surface area contributed by atoms with Crippen LogP contribution in [0.1, 0.15) is 6.42 Å². The molecular weight excluding hydrogens is 198 g/mol. The van der Waals surface area contributed by atoms with E-state index < -0.39 is 20.5 Å². The van der Waals surface area contributed by atoms with Gasteiger partial charge in [-0.1, -0.05) is 6.42 Å². The fourth-order valence-electron chi connectivity index (χ4n) is 0. The predicted molar refractivity (Wildman–Crippen MR) is 29.2 cm³/mol. The van der Waals surface area contributed by atoms with Gasteiger partial charge in [-0.2, -0.15) is 13.2 Å². The van der Waals surface area contributed by atoms with E-state index in [2.05, 4.69) is 6.92 Å². The van der Waals surface area contributed by atoms with E-state index in [9.17, 15) is 17.4 Å². The Morgan fingerprint density at radius 3 is 1.42 bits per heavy atom. The third-order valence-electron chi connectivity index (χ3n) is 0.283. The van der Waals surface area contributed by atoms with E-state index in [-0.39, 0.29) is 18.9 Å². The van der Waals surface area contributed by atoms with Crippen molar-refractivity contribution in [2.75, 3.05) is 0 Å². The van der Waals surface area contributed by atoms with Gasteiger partial charge >= 0.3 is 32.9 Å². The summed E-state index contributed by atoms with van der Waals surface area (Å²) in [4.78, 5) is 13.9. The summed E-state index contributed by atoms with van der Waals surface area (Å²) in [5.41, 5.74) is 0. The van der Waals surface area contributed by atoms with Crippen molar-refractivity contribution in [2.24, 2.45) is 0 Å². The molecule has 2 N–H and O–H groups in total. The van der Waals surface area contributed by atoms with E-state index in [0.717, 1.165) is 0 Å². The number of hydrogen-bond acceptors (Lipinski definition) is 1. The summed E-state index contributed by atoms with van der Waals surface area (Å²) in [7, 11) is -5.14. The summed E-state index contributed by atoms with van der Waals surface area (Å²) in [5, 5.41) is 0. The van der Waals surface area contributed by atoms with Crippen molar-refractivity contribution in [3.05, 3.63) is 6.92 Å². The molecule has 3 nitrogen and oxygen atoms in total. The van der Waals surface area contributed by atoms with Crippen LogP contribution in [-0.4, -0.2) is 16.0 Å². The maximum Gasteiger partial charge on any atom is 1.00 e. The molecule has 0 amide bonds. The summed E-state index contributed by atoms with van der Waals surface area (Å²) < 4.78 is 51.2. The third kappa shape index (κ3) is 78.0. The molecule has 0 radical (unpaired) electrons. The number of halogens is 4. The van der Waals surface area contributed by atoms with Crippen LogP contribution in [0.4, 0.5) is 17.4 Å². The van der Waals surface area contributed by atoms with Crippen molar-refractivity contribution < 1.29 is 50.6 Å². The zero-order valence-corrected chi connectivity index (χ0v) is 7.07. The van der Waals surface area contributed by atoms with Gasteiger partial charge in [-0.15, -0.1) is 4.20 Å². The second kappa shape index (κ2) is 6.93. The smallest absolute Gasteiger partial charge is 0.335 e. The second-order valence-electron chi connectivity index (χ2n) is 1.34. The van der Waals surface area contributed by atoms with Crippen LogP contribution in [0.3, 0.4) is 0 Å².